The molecule has 22 heavy (non-hydrogen) atoms. The fraction of sp³-hybridized carbons (Fsp3) is 0.700. The van der Waals surface area contributed by atoms with E-state index in [0.29, 0.717) is 0 Å². The number of ether oxygens (including phenoxy) is 1. The summed E-state index contributed by atoms with van der Waals surface area (Å²) in [6, 6.07) is 10.3. The molecule has 1 aromatic carbocycles. The number of hydrogen-bond acceptors (Lipinski definition) is 2. The molecule has 1 rings (SSSR count). The van der Waals surface area contributed by atoms with Crippen molar-refractivity contribution in [2.75, 3.05) is 6.61 Å². The molecule has 1 unspecified atom stereocenters. The van der Waals surface area contributed by atoms with Gasteiger partial charge in [-0.15, -0.1) is 0 Å². The third-order valence-electron chi connectivity index (χ3n) is 4.08. The molecule has 2 heteroatoms. The summed E-state index contributed by atoms with van der Waals surface area (Å²) in [6.07, 6.45) is 11.6. The Hall–Kier alpha value is -0.860. The summed E-state index contributed by atoms with van der Waals surface area (Å²) >= 11 is 0. The van der Waals surface area contributed by atoms with Crippen molar-refractivity contribution in [3.8, 4) is 0 Å². The zero-order chi connectivity index (χ0) is 15.9. The molecule has 0 amide bonds. The molecule has 0 saturated heterocycles. The van der Waals surface area contributed by atoms with Crippen LogP contribution in [-0.2, 0) is 11.3 Å². The number of rotatable bonds is 14. The van der Waals surface area contributed by atoms with E-state index in [-0.39, 0.29) is 6.10 Å². The lowest BCUT2D eigenvalue weighted by Crippen LogP contribution is -2.06. The van der Waals surface area contributed by atoms with Gasteiger partial charge in [-0.1, -0.05) is 82.2 Å². The normalized spacial score (nSPS) is 12.5. The van der Waals surface area contributed by atoms with E-state index in [0.717, 1.165) is 38.9 Å². The first-order chi connectivity index (χ1) is 10.8. The molecule has 0 heterocycles. The Kier molecular flexibility index (Phi) is 12.0. The maximum atomic E-state index is 9.89. The van der Waals surface area contributed by atoms with Gasteiger partial charge in [-0.2, -0.15) is 0 Å². The number of aliphatic hydroxyl groups excluding tert-OH is 1. The molecule has 0 bridgehead atoms. The van der Waals surface area contributed by atoms with E-state index in [2.05, 4.69) is 19.1 Å². The summed E-state index contributed by atoms with van der Waals surface area (Å²) in [7, 11) is 0. The van der Waals surface area contributed by atoms with Crippen molar-refractivity contribution in [3.63, 3.8) is 0 Å². The van der Waals surface area contributed by atoms with E-state index in [1.165, 1.54) is 44.1 Å². The second-order valence-electron chi connectivity index (χ2n) is 6.24. The Morgan fingerprint density at radius 2 is 1.50 bits per heavy atom. The molecule has 0 aliphatic rings. The van der Waals surface area contributed by atoms with Gasteiger partial charge in [-0.05, 0) is 24.8 Å². The third-order valence-corrected chi connectivity index (χ3v) is 4.08. The van der Waals surface area contributed by atoms with Crippen LogP contribution in [0, 0.1) is 0 Å². The Morgan fingerprint density at radius 3 is 2.18 bits per heavy atom. The number of aliphatic hydroxyl groups is 1. The molecule has 0 aliphatic heterocycles. The van der Waals surface area contributed by atoms with E-state index in [4.69, 9.17) is 4.74 Å². The van der Waals surface area contributed by atoms with Crippen LogP contribution in [0.3, 0.4) is 0 Å². The highest BCUT2D eigenvalue weighted by Gasteiger charge is 2.03. The third kappa shape index (κ3) is 10.8. The van der Waals surface area contributed by atoms with Crippen molar-refractivity contribution in [1.82, 2.24) is 0 Å². The molecular weight excluding hydrogens is 272 g/mol. The number of benzene rings is 1. The molecule has 0 radical (unpaired) electrons. The Balaban J connectivity index is 1.83. The Labute approximate surface area is 136 Å². The molecule has 126 valence electrons. The quantitative estimate of drug-likeness (QED) is 0.461. The first kappa shape index (κ1) is 19.2. The largest absolute Gasteiger partial charge is 0.393 e. The van der Waals surface area contributed by atoms with Crippen LogP contribution >= 0.6 is 0 Å². The minimum Gasteiger partial charge on any atom is -0.393 e. The standard InChI is InChI=1S/C20H34O2/c1-2-3-4-10-15-20(21)16-11-5-6-12-17-22-18-19-13-8-7-9-14-19/h7-9,13-14,20-21H,2-6,10-12,15-18H2,1H3. The van der Waals surface area contributed by atoms with Gasteiger partial charge in [-0.3, -0.25) is 0 Å². The van der Waals surface area contributed by atoms with Crippen molar-refractivity contribution in [2.45, 2.75) is 83.8 Å². The second kappa shape index (κ2) is 13.8. The van der Waals surface area contributed by atoms with E-state index < -0.39 is 0 Å². The summed E-state index contributed by atoms with van der Waals surface area (Å²) in [5, 5.41) is 9.89. The zero-order valence-corrected chi connectivity index (χ0v) is 14.3. The summed E-state index contributed by atoms with van der Waals surface area (Å²) in [4.78, 5) is 0. The Morgan fingerprint density at radius 1 is 0.864 bits per heavy atom. The van der Waals surface area contributed by atoms with Gasteiger partial charge in [0.1, 0.15) is 0 Å². The molecule has 1 aromatic rings. The summed E-state index contributed by atoms with van der Waals surface area (Å²) in [5.41, 5.74) is 1.24. The van der Waals surface area contributed by atoms with Gasteiger partial charge < -0.3 is 9.84 Å². The fourth-order valence-corrected chi connectivity index (χ4v) is 2.65. The maximum Gasteiger partial charge on any atom is 0.0716 e. The van der Waals surface area contributed by atoms with Gasteiger partial charge in [0, 0.05) is 6.61 Å². The van der Waals surface area contributed by atoms with Crippen LogP contribution in [0.4, 0.5) is 0 Å². The van der Waals surface area contributed by atoms with Crippen molar-refractivity contribution in [3.05, 3.63) is 35.9 Å². The van der Waals surface area contributed by atoms with Crippen molar-refractivity contribution >= 4 is 0 Å². The average molecular weight is 306 g/mol. The smallest absolute Gasteiger partial charge is 0.0716 e. The first-order valence-electron chi connectivity index (χ1n) is 9.12. The topological polar surface area (TPSA) is 29.5 Å². The van der Waals surface area contributed by atoms with Gasteiger partial charge in [0.25, 0.3) is 0 Å². The van der Waals surface area contributed by atoms with Gasteiger partial charge in [0.2, 0.25) is 0 Å². The number of unbranched alkanes of at least 4 members (excludes halogenated alkanes) is 6. The summed E-state index contributed by atoms with van der Waals surface area (Å²) in [6.45, 7) is 3.78. The molecule has 0 aromatic heterocycles. The van der Waals surface area contributed by atoms with Gasteiger partial charge in [-0.25, -0.2) is 0 Å². The van der Waals surface area contributed by atoms with Crippen LogP contribution in [-0.4, -0.2) is 17.8 Å². The van der Waals surface area contributed by atoms with E-state index in [1.54, 1.807) is 0 Å². The molecule has 0 spiro atoms. The molecule has 1 atom stereocenters. The van der Waals surface area contributed by atoms with Gasteiger partial charge in [0.05, 0.1) is 12.7 Å². The molecular formula is C20H34O2. The highest BCUT2D eigenvalue weighted by molar-refractivity contribution is 5.13. The zero-order valence-electron chi connectivity index (χ0n) is 14.3. The van der Waals surface area contributed by atoms with Crippen LogP contribution < -0.4 is 0 Å². The van der Waals surface area contributed by atoms with Crippen LogP contribution in [0.15, 0.2) is 30.3 Å². The lowest BCUT2D eigenvalue weighted by atomic mass is 10.0. The summed E-state index contributed by atoms with van der Waals surface area (Å²) in [5.74, 6) is 0. The lowest BCUT2D eigenvalue weighted by molar-refractivity contribution is 0.115. The average Bonchev–Trinajstić information content (AvgIpc) is 2.55. The SMILES string of the molecule is CCCCCCC(O)CCCCCCOCc1ccccc1. The van der Waals surface area contributed by atoms with E-state index in [9.17, 15) is 5.11 Å². The van der Waals surface area contributed by atoms with Crippen LogP contribution in [0.1, 0.15) is 76.7 Å². The fourth-order valence-electron chi connectivity index (χ4n) is 2.65. The molecule has 0 saturated carbocycles. The predicted molar refractivity (Wildman–Crippen MR) is 93.9 cm³/mol. The summed E-state index contributed by atoms with van der Waals surface area (Å²) < 4.78 is 5.67. The first-order valence-corrected chi connectivity index (χ1v) is 9.12. The molecule has 1 N–H and O–H groups in total. The number of hydrogen-bond donors (Lipinski definition) is 1. The van der Waals surface area contributed by atoms with Crippen LogP contribution in [0.25, 0.3) is 0 Å². The maximum absolute atomic E-state index is 9.89. The molecule has 0 fully saturated rings. The monoisotopic (exact) mass is 306 g/mol. The Bertz CT molecular complexity index is 337. The van der Waals surface area contributed by atoms with Crippen molar-refractivity contribution < 1.29 is 9.84 Å². The van der Waals surface area contributed by atoms with Gasteiger partial charge in [0.15, 0.2) is 0 Å². The second-order valence-corrected chi connectivity index (χ2v) is 6.24. The van der Waals surface area contributed by atoms with Gasteiger partial charge >= 0.3 is 0 Å². The minimum atomic E-state index is -0.0776. The van der Waals surface area contributed by atoms with E-state index in [1.807, 2.05) is 18.2 Å². The predicted octanol–water partition coefficient (Wildman–Crippen LogP) is 5.49. The van der Waals surface area contributed by atoms with Crippen molar-refractivity contribution in [2.24, 2.45) is 0 Å². The molecule has 2 nitrogen and oxygen atoms in total. The van der Waals surface area contributed by atoms with E-state index >= 15 is 0 Å². The highest BCUT2D eigenvalue weighted by Crippen LogP contribution is 2.12. The van der Waals surface area contributed by atoms with Crippen LogP contribution in [0.2, 0.25) is 0 Å². The molecule has 0 aliphatic carbocycles. The van der Waals surface area contributed by atoms with Crippen molar-refractivity contribution in [1.29, 1.82) is 0 Å². The highest BCUT2D eigenvalue weighted by atomic mass is 16.5. The lowest BCUT2D eigenvalue weighted by Gasteiger charge is -2.10. The van der Waals surface area contributed by atoms with Crippen LogP contribution in [0.5, 0.6) is 0 Å². The minimum absolute atomic E-state index is 0.0776.